The van der Waals surface area contributed by atoms with Crippen LogP contribution in [0.5, 0.6) is 0 Å². The Bertz CT molecular complexity index is 1090. The third kappa shape index (κ3) is 5.71. The van der Waals surface area contributed by atoms with E-state index >= 15 is 0 Å². The fourth-order valence-corrected chi connectivity index (χ4v) is 4.63. The van der Waals surface area contributed by atoms with Gasteiger partial charge in [-0.1, -0.05) is 23.9 Å². The average molecular weight is 477 g/mol. The topological polar surface area (TPSA) is 102 Å². The number of nitrogens with zero attached hydrogens (tertiary/aromatic N) is 4. The van der Waals surface area contributed by atoms with Crippen LogP contribution in [0.1, 0.15) is 40.6 Å². The van der Waals surface area contributed by atoms with Gasteiger partial charge in [-0.15, -0.1) is 21.5 Å². The lowest BCUT2D eigenvalue weighted by Crippen LogP contribution is -2.27. The molecule has 0 radical (unpaired) electrons. The van der Waals surface area contributed by atoms with Crippen molar-refractivity contribution in [1.29, 1.82) is 0 Å². The molecular formula is C21H25FN6O2S2. The zero-order valence-electron chi connectivity index (χ0n) is 18.3. The van der Waals surface area contributed by atoms with E-state index in [1.54, 1.807) is 13.0 Å². The van der Waals surface area contributed by atoms with E-state index < -0.39 is 17.0 Å². The van der Waals surface area contributed by atoms with Crippen LogP contribution in [0.25, 0.3) is 0 Å². The Hall–Kier alpha value is -2.79. The van der Waals surface area contributed by atoms with Gasteiger partial charge in [-0.05, 0) is 39.8 Å². The number of thiazole rings is 1. The second kappa shape index (κ2) is 10.7. The third-order valence-corrected chi connectivity index (χ3v) is 6.84. The van der Waals surface area contributed by atoms with Crippen LogP contribution in [0.2, 0.25) is 0 Å². The lowest BCUT2D eigenvalue weighted by atomic mass is 10.2. The Kier molecular flexibility index (Phi) is 7.97. The molecule has 2 heterocycles. The Morgan fingerprint density at radius 1 is 1.25 bits per heavy atom. The van der Waals surface area contributed by atoms with Gasteiger partial charge in [-0.2, -0.15) is 0 Å². The van der Waals surface area contributed by atoms with Crippen molar-refractivity contribution in [3.05, 3.63) is 52.0 Å². The molecule has 170 valence electrons. The van der Waals surface area contributed by atoms with E-state index in [9.17, 15) is 14.0 Å². The molecule has 0 saturated heterocycles. The molecule has 0 aliphatic carbocycles. The van der Waals surface area contributed by atoms with Crippen LogP contribution in [0, 0.1) is 19.7 Å². The van der Waals surface area contributed by atoms with Crippen LogP contribution in [-0.2, 0) is 17.8 Å². The van der Waals surface area contributed by atoms with E-state index in [0.717, 1.165) is 10.6 Å². The van der Waals surface area contributed by atoms with Gasteiger partial charge in [0.05, 0.1) is 16.5 Å². The largest absolute Gasteiger partial charge is 0.351 e. The number of nitrogens with one attached hydrogen (secondary N) is 2. The van der Waals surface area contributed by atoms with Crippen LogP contribution in [0.4, 0.5) is 9.52 Å². The number of benzene rings is 1. The zero-order chi connectivity index (χ0) is 23.3. The maximum Gasteiger partial charge on any atom is 0.254 e. The van der Waals surface area contributed by atoms with Crippen LogP contribution in [0.3, 0.4) is 0 Å². The summed E-state index contributed by atoms with van der Waals surface area (Å²) in [5, 5.41) is 14.8. The minimum Gasteiger partial charge on any atom is -0.351 e. The monoisotopic (exact) mass is 476 g/mol. The first-order valence-electron chi connectivity index (χ1n) is 10.2. The molecular weight excluding hydrogens is 451 g/mol. The molecule has 32 heavy (non-hydrogen) atoms. The van der Waals surface area contributed by atoms with Crippen LogP contribution in [-0.4, -0.2) is 43.4 Å². The van der Waals surface area contributed by atoms with Crippen molar-refractivity contribution in [2.75, 3.05) is 11.9 Å². The number of carbonyl (C=O) groups is 2. The highest BCUT2D eigenvalue weighted by Crippen LogP contribution is 2.26. The van der Waals surface area contributed by atoms with E-state index in [4.69, 9.17) is 0 Å². The number of hydrogen-bond donors (Lipinski definition) is 2. The van der Waals surface area contributed by atoms with E-state index in [-0.39, 0.29) is 18.0 Å². The quantitative estimate of drug-likeness (QED) is 0.458. The number of hydrogen-bond acceptors (Lipinski definition) is 7. The Morgan fingerprint density at radius 3 is 2.66 bits per heavy atom. The molecule has 0 unspecified atom stereocenters. The molecule has 0 saturated carbocycles. The van der Waals surface area contributed by atoms with Crippen molar-refractivity contribution in [2.24, 2.45) is 0 Å². The van der Waals surface area contributed by atoms with Crippen molar-refractivity contribution in [3.8, 4) is 0 Å². The molecule has 11 heteroatoms. The summed E-state index contributed by atoms with van der Waals surface area (Å²) in [5.41, 5.74) is 0.911. The summed E-state index contributed by atoms with van der Waals surface area (Å²) in [6.07, 6.45) is 0.430. The highest BCUT2D eigenvalue weighted by atomic mass is 32.2. The third-order valence-electron chi connectivity index (χ3n) is 4.77. The van der Waals surface area contributed by atoms with Gasteiger partial charge in [0.15, 0.2) is 10.3 Å². The Morgan fingerprint density at radius 2 is 2.00 bits per heavy atom. The molecule has 3 rings (SSSR count). The van der Waals surface area contributed by atoms with Gasteiger partial charge in [0.1, 0.15) is 11.6 Å². The van der Waals surface area contributed by atoms with Gasteiger partial charge in [-0.3, -0.25) is 9.59 Å². The van der Waals surface area contributed by atoms with Crippen molar-refractivity contribution in [2.45, 2.75) is 51.1 Å². The number of amides is 2. The molecule has 0 aliphatic rings. The highest BCUT2D eigenvalue weighted by molar-refractivity contribution is 8.00. The molecule has 0 aliphatic heterocycles. The molecule has 8 nitrogen and oxygen atoms in total. The van der Waals surface area contributed by atoms with Crippen LogP contribution < -0.4 is 10.6 Å². The minimum atomic E-state index is -0.559. The molecule has 2 aromatic heterocycles. The number of aromatic nitrogens is 4. The average Bonchev–Trinajstić information content (AvgIpc) is 3.29. The summed E-state index contributed by atoms with van der Waals surface area (Å²) >= 11 is 2.76. The lowest BCUT2D eigenvalue weighted by Gasteiger charge is -2.12. The van der Waals surface area contributed by atoms with Gasteiger partial charge in [0, 0.05) is 24.4 Å². The van der Waals surface area contributed by atoms with Gasteiger partial charge >= 0.3 is 0 Å². The summed E-state index contributed by atoms with van der Waals surface area (Å²) in [6.45, 7) is 8.53. The van der Waals surface area contributed by atoms with E-state index in [1.165, 1.54) is 41.3 Å². The zero-order valence-corrected chi connectivity index (χ0v) is 19.9. The fraction of sp³-hybridized carbons (Fsp3) is 0.381. The Balaban J connectivity index is 1.57. The highest BCUT2D eigenvalue weighted by Gasteiger charge is 2.21. The van der Waals surface area contributed by atoms with Crippen molar-refractivity contribution < 1.29 is 14.0 Å². The predicted octanol–water partition coefficient (Wildman–Crippen LogP) is 3.60. The smallest absolute Gasteiger partial charge is 0.254 e. The fourth-order valence-electron chi connectivity index (χ4n) is 2.88. The maximum atomic E-state index is 13.7. The van der Waals surface area contributed by atoms with Crippen LogP contribution in [0.15, 0.2) is 29.4 Å². The number of anilines is 1. The molecule has 3 aromatic rings. The van der Waals surface area contributed by atoms with Crippen molar-refractivity contribution >= 4 is 40.0 Å². The summed E-state index contributed by atoms with van der Waals surface area (Å²) in [6, 6.07) is 5.84. The molecule has 0 fully saturated rings. The summed E-state index contributed by atoms with van der Waals surface area (Å²) < 4.78 is 15.6. The normalized spacial score (nSPS) is 11.9. The molecule has 1 atom stereocenters. The number of aryl methyl sites for hydroxylation is 2. The second-order valence-corrected chi connectivity index (χ2v) is 9.55. The van der Waals surface area contributed by atoms with E-state index in [0.29, 0.717) is 29.1 Å². The van der Waals surface area contributed by atoms with Crippen molar-refractivity contribution in [1.82, 2.24) is 25.1 Å². The van der Waals surface area contributed by atoms with Gasteiger partial charge in [0.2, 0.25) is 5.91 Å². The SMILES string of the molecule is CCn1c(CCNC(=O)c2ccccc2F)nnc1S[C@@H](C)C(=O)Nc1nc(C)c(C)s1. The molecule has 1 aromatic carbocycles. The first kappa shape index (κ1) is 23.9. The number of halogens is 1. The summed E-state index contributed by atoms with van der Waals surface area (Å²) in [5.74, 6) is -0.510. The summed E-state index contributed by atoms with van der Waals surface area (Å²) in [7, 11) is 0. The van der Waals surface area contributed by atoms with Crippen molar-refractivity contribution in [3.63, 3.8) is 0 Å². The standard InChI is InChI=1S/C21H25FN6O2S2/c1-5-28-17(10-11-23-19(30)15-8-6-7-9-16(15)22)26-27-21(28)32-14(4)18(29)25-20-24-12(2)13(3)31-20/h6-9,14H,5,10-11H2,1-4H3,(H,23,30)(H,24,25,29)/t14-/m0/s1. The minimum absolute atomic E-state index is 0.00570. The first-order valence-corrected chi connectivity index (χ1v) is 11.9. The van der Waals surface area contributed by atoms with Crippen LogP contribution >= 0.6 is 23.1 Å². The van der Waals surface area contributed by atoms with Gasteiger partial charge in [0.25, 0.3) is 5.91 Å². The molecule has 2 amide bonds. The first-order chi connectivity index (χ1) is 15.3. The Labute approximate surface area is 194 Å². The molecule has 0 bridgehead atoms. The number of thioether (sulfide) groups is 1. The number of carbonyl (C=O) groups excluding carboxylic acids is 2. The maximum absolute atomic E-state index is 13.7. The second-order valence-electron chi connectivity index (χ2n) is 7.04. The van der Waals surface area contributed by atoms with Gasteiger partial charge in [-0.25, -0.2) is 9.37 Å². The summed E-state index contributed by atoms with van der Waals surface area (Å²) in [4.78, 5) is 30.1. The molecule has 2 N–H and O–H groups in total. The molecule has 0 spiro atoms. The predicted molar refractivity (Wildman–Crippen MR) is 124 cm³/mol. The van der Waals surface area contributed by atoms with Gasteiger partial charge < -0.3 is 15.2 Å². The van der Waals surface area contributed by atoms with E-state index in [1.807, 2.05) is 25.3 Å². The number of rotatable bonds is 9. The lowest BCUT2D eigenvalue weighted by molar-refractivity contribution is -0.115. The van der Waals surface area contributed by atoms with E-state index in [2.05, 4.69) is 25.8 Å².